The number of carbonyl (C=O) groups is 2. The normalized spacial score (nSPS) is 19.2. The maximum Gasteiger partial charge on any atom is 0.223 e. The van der Waals surface area contributed by atoms with Crippen molar-refractivity contribution in [3.8, 4) is 0 Å². The molecule has 6 heteroatoms. The number of hydrogen-bond acceptors (Lipinski definition) is 4. The lowest BCUT2D eigenvalue weighted by Gasteiger charge is -2.43. The molecule has 170 valence electrons. The lowest BCUT2D eigenvalue weighted by Crippen LogP contribution is -2.53. The van der Waals surface area contributed by atoms with E-state index in [-0.39, 0.29) is 17.4 Å². The lowest BCUT2D eigenvalue weighted by atomic mass is 9.80. The molecule has 2 heterocycles. The van der Waals surface area contributed by atoms with Crippen LogP contribution in [0.4, 0.5) is 5.69 Å². The van der Waals surface area contributed by atoms with Gasteiger partial charge in [0.25, 0.3) is 0 Å². The molecule has 0 aliphatic carbocycles. The van der Waals surface area contributed by atoms with Gasteiger partial charge in [-0.3, -0.25) is 9.59 Å². The topological polar surface area (TPSA) is 72.9 Å². The van der Waals surface area contributed by atoms with Crippen molar-refractivity contribution in [3.63, 3.8) is 0 Å². The van der Waals surface area contributed by atoms with Crippen LogP contribution in [0.5, 0.6) is 0 Å². The van der Waals surface area contributed by atoms with Gasteiger partial charge in [-0.1, -0.05) is 42.5 Å². The minimum atomic E-state index is -0.585. The number of carbonyl (C=O) groups excluding carboxylic acids is 2. The Morgan fingerprint density at radius 2 is 1.78 bits per heavy atom. The first-order valence-corrected chi connectivity index (χ1v) is 11.5. The van der Waals surface area contributed by atoms with Crippen molar-refractivity contribution in [2.45, 2.75) is 51.2 Å². The minimum Gasteiger partial charge on any atom is -0.387 e. The number of benzene rings is 2. The Kier molecular flexibility index (Phi) is 6.63. The number of aliphatic hydroxyl groups is 1. The second kappa shape index (κ2) is 9.43. The van der Waals surface area contributed by atoms with Gasteiger partial charge in [0.1, 0.15) is 0 Å². The molecule has 1 saturated heterocycles. The summed E-state index contributed by atoms with van der Waals surface area (Å²) in [6, 6.07) is 16.2. The molecule has 0 spiro atoms. The Balaban J connectivity index is 1.43. The fourth-order valence-electron chi connectivity index (χ4n) is 5.20. The zero-order chi connectivity index (χ0) is 22.7. The number of hydrogen-bond donors (Lipinski definition) is 2. The summed E-state index contributed by atoms with van der Waals surface area (Å²) < 4.78 is 0. The fourth-order valence-corrected chi connectivity index (χ4v) is 5.20. The summed E-state index contributed by atoms with van der Waals surface area (Å²) >= 11 is 0. The maximum absolute atomic E-state index is 11.9. The van der Waals surface area contributed by atoms with Crippen LogP contribution in [0.25, 0.3) is 0 Å². The highest BCUT2D eigenvalue weighted by Crippen LogP contribution is 2.34. The molecular formula is C26H33N3O3. The number of β-amino-alcohol motifs (C(OH)–C–C–N with tert-alkyl or cyclic N) is 1. The van der Waals surface area contributed by atoms with Gasteiger partial charge in [-0.05, 0) is 48.4 Å². The Morgan fingerprint density at radius 1 is 1.06 bits per heavy atom. The van der Waals surface area contributed by atoms with Crippen LogP contribution < -0.4 is 10.2 Å². The average Bonchev–Trinajstić information content (AvgIpc) is 2.79. The zero-order valence-electron chi connectivity index (χ0n) is 19.0. The third-order valence-electron chi connectivity index (χ3n) is 6.87. The van der Waals surface area contributed by atoms with Crippen molar-refractivity contribution >= 4 is 17.5 Å². The van der Waals surface area contributed by atoms with E-state index in [0.717, 1.165) is 67.7 Å². The standard InChI is InChI=1S/C26H33N3O3/c1-19(30)27-26(23-8-4-3-5-9-23)12-15-28(16-13-26)18-25(32)22-10-11-24-21(17-22)7-6-14-29(24)20(2)31/h3-5,8-11,17,25,32H,6-7,12-16,18H2,1-2H3,(H,27,30). The maximum atomic E-state index is 11.9. The van der Waals surface area contributed by atoms with Crippen molar-refractivity contribution in [1.82, 2.24) is 10.2 Å². The van der Waals surface area contributed by atoms with E-state index < -0.39 is 6.10 Å². The molecule has 2 aliphatic rings. The first kappa shape index (κ1) is 22.5. The van der Waals surface area contributed by atoms with Gasteiger partial charge in [0.05, 0.1) is 11.6 Å². The summed E-state index contributed by atoms with van der Waals surface area (Å²) in [4.78, 5) is 27.9. The van der Waals surface area contributed by atoms with Crippen molar-refractivity contribution < 1.29 is 14.7 Å². The molecule has 6 nitrogen and oxygen atoms in total. The molecule has 0 radical (unpaired) electrons. The molecule has 0 aromatic heterocycles. The Morgan fingerprint density at radius 3 is 2.44 bits per heavy atom. The monoisotopic (exact) mass is 435 g/mol. The molecule has 0 bridgehead atoms. The van der Waals surface area contributed by atoms with E-state index >= 15 is 0 Å². The minimum absolute atomic E-state index is 0.0176. The molecule has 4 rings (SSSR count). The highest BCUT2D eigenvalue weighted by molar-refractivity contribution is 5.92. The number of anilines is 1. The van der Waals surface area contributed by atoms with E-state index in [4.69, 9.17) is 0 Å². The molecule has 1 atom stereocenters. The van der Waals surface area contributed by atoms with Gasteiger partial charge in [-0.15, -0.1) is 0 Å². The highest BCUT2D eigenvalue weighted by atomic mass is 16.3. The van der Waals surface area contributed by atoms with Crippen LogP contribution in [0.15, 0.2) is 48.5 Å². The Labute approximate surface area is 190 Å². The van der Waals surface area contributed by atoms with Crippen LogP contribution in [0.2, 0.25) is 0 Å². The Hall–Kier alpha value is -2.70. The molecule has 1 unspecified atom stereocenters. The quantitative estimate of drug-likeness (QED) is 0.757. The van der Waals surface area contributed by atoms with E-state index in [2.05, 4.69) is 28.4 Å². The van der Waals surface area contributed by atoms with E-state index in [1.807, 2.05) is 35.2 Å². The van der Waals surface area contributed by atoms with Crippen molar-refractivity contribution in [3.05, 3.63) is 65.2 Å². The van der Waals surface area contributed by atoms with Gasteiger partial charge in [0.15, 0.2) is 0 Å². The van der Waals surface area contributed by atoms with Crippen molar-refractivity contribution in [2.75, 3.05) is 31.1 Å². The van der Waals surface area contributed by atoms with Crippen LogP contribution in [0.1, 0.15) is 55.9 Å². The predicted molar refractivity (Wildman–Crippen MR) is 125 cm³/mol. The summed E-state index contributed by atoms with van der Waals surface area (Å²) in [5, 5.41) is 14.2. The summed E-state index contributed by atoms with van der Waals surface area (Å²) in [6.45, 7) is 6.09. The molecule has 2 amide bonds. The van der Waals surface area contributed by atoms with E-state index in [0.29, 0.717) is 6.54 Å². The number of aryl methyl sites for hydroxylation is 1. The summed E-state index contributed by atoms with van der Waals surface area (Å²) in [6.07, 6.45) is 2.91. The smallest absolute Gasteiger partial charge is 0.223 e. The Bertz CT molecular complexity index is 968. The molecule has 1 fully saturated rings. The third-order valence-corrected chi connectivity index (χ3v) is 6.87. The van der Waals surface area contributed by atoms with Crippen LogP contribution >= 0.6 is 0 Å². The van der Waals surface area contributed by atoms with E-state index in [9.17, 15) is 14.7 Å². The number of likely N-dealkylation sites (tertiary alicyclic amines) is 1. The van der Waals surface area contributed by atoms with Gasteiger partial charge < -0.3 is 20.2 Å². The first-order valence-electron chi connectivity index (χ1n) is 11.5. The highest BCUT2D eigenvalue weighted by Gasteiger charge is 2.37. The molecule has 2 aromatic rings. The van der Waals surface area contributed by atoms with Crippen LogP contribution in [-0.4, -0.2) is 48.0 Å². The van der Waals surface area contributed by atoms with Crippen LogP contribution in [0, 0.1) is 0 Å². The second-order valence-corrected chi connectivity index (χ2v) is 9.11. The van der Waals surface area contributed by atoms with Gasteiger partial charge in [0, 0.05) is 45.7 Å². The summed E-state index contributed by atoms with van der Waals surface area (Å²) in [5.74, 6) is 0.0460. The summed E-state index contributed by atoms with van der Waals surface area (Å²) in [5.41, 5.74) is 3.79. The van der Waals surface area contributed by atoms with Crippen LogP contribution in [-0.2, 0) is 21.5 Å². The van der Waals surface area contributed by atoms with Gasteiger partial charge in [-0.25, -0.2) is 0 Å². The molecule has 2 aromatic carbocycles. The van der Waals surface area contributed by atoms with Crippen molar-refractivity contribution in [2.24, 2.45) is 0 Å². The number of piperidine rings is 1. The number of amides is 2. The molecule has 2 N–H and O–H groups in total. The number of aliphatic hydroxyl groups excluding tert-OH is 1. The van der Waals surface area contributed by atoms with Gasteiger partial charge in [-0.2, -0.15) is 0 Å². The SMILES string of the molecule is CC(=O)NC1(c2ccccc2)CCN(CC(O)c2ccc3c(c2)CCCN3C(C)=O)CC1. The number of nitrogens with zero attached hydrogens (tertiary/aromatic N) is 2. The van der Waals surface area contributed by atoms with Crippen molar-refractivity contribution in [1.29, 1.82) is 0 Å². The number of fused-ring (bicyclic) bond motifs is 1. The van der Waals surface area contributed by atoms with Gasteiger partial charge in [0.2, 0.25) is 11.8 Å². The molecular weight excluding hydrogens is 402 g/mol. The molecule has 0 saturated carbocycles. The first-order chi connectivity index (χ1) is 15.4. The number of rotatable bonds is 5. The fraction of sp³-hybridized carbons (Fsp3) is 0.462. The average molecular weight is 436 g/mol. The van der Waals surface area contributed by atoms with Gasteiger partial charge >= 0.3 is 0 Å². The van der Waals surface area contributed by atoms with E-state index in [1.54, 1.807) is 13.8 Å². The number of nitrogens with one attached hydrogen (secondary N) is 1. The molecule has 32 heavy (non-hydrogen) atoms. The molecule has 2 aliphatic heterocycles. The van der Waals surface area contributed by atoms with E-state index in [1.165, 1.54) is 0 Å². The zero-order valence-corrected chi connectivity index (χ0v) is 19.0. The van der Waals surface area contributed by atoms with Crippen LogP contribution in [0.3, 0.4) is 0 Å². The summed E-state index contributed by atoms with van der Waals surface area (Å²) in [7, 11) is 0. The third kappa shape index (κ3) is 4.71. The second-order valence-electron chi connectivity index (χ2n) is 9.11. The largest absolute Gasteiger partial charge is 0.387 e. The lowest BCUT2D eigenvalue weighted by molar-refractivity contribution is -0.121. The predicted octanol–water partition coefficient (Wildman–Crippen LogP) is 3.15.